The van der Waals surface area contributed by atoms with E-state index in [0.29, 0.717) is 5.02 Å². The SMILES string of the molecule is CC(c1ccsc1)n1cc(Cl)cc(C(N)=O)c1=N.Cl. The van der Waals surface area contributed by atoms with Crippen molar-refractivity contribution in [1.29, 1.82) is 5.41 Å². The van der Waals surface area contributed by atoms with Crippen LogP contribution >= 0.6 is 35.3 Å². The molecule has 0 aliphatic rings. The lowest BCUT2D eigenvalue weighted by Crippen LogP contribution is -2.31. The Balaban J connectivity index is 0.00000180. The van der Waals surface area contributed by atoms with Crippen LogP contribution in [-0.2, 0) is 0 Å². The van der Waals surface area contributed by atoms with Crippen molar-refractivity contribution in [3.05, 3.63) is 50.7 Å². The first kappa shape index (κ1) is 15.8. The molecule has 0 aromatic carbocycles. The fraction of sp³-hybridized carbons (Fsp3) is 0.167. The van der Waals surface area contributed by atoms with E-state index in [-0.39, 0.29) is 29.5 Å². The molecular weight excluding hydrogens is 305 g/mol. The monoisotopic (exact) mass is 317 g/mol. The lowest BCUT2D eigenvalue weighted by Gasteiger charge is -2.16. The van der Waals surface area contributed by atoms with Gasteiger partial charge >= 0.3 is 0 Å². The molecule has 0 aliphatic heterocycles. The van der Waals surface area contributed by atoms with Gasteiger partial charge in [0.05, 0.1) is 16.6 Å². The van der Waals surface area contributed by atoms with Crippen molar-refractivity contribution < 1.29 is 4.79 Å². The Morgan fingerprint density at radius 2 is 2.26 bits per heavy atom. The number of rotatable bonds is 3. The molecule has 0 spiro atoms. The molecule has 2 rings (SSSR count). The Kier molecular flexibility index (Phi) is 5.17. The molecule has 1 amide bonds. The number of hydrogen-bond acceptors (Lipinski definition) is 3. The minimum atomic E-state index is -0.645. The topological polar surface area (TPSA) is 71.9 Å². The van der Waals surface area contributed by atoms with Gasteiger partial charge in [-0.3, -0.25) is 10.2 Å². The largest absolute Gasteiger partial charge is 0.365 e. The zero-order chi connectivity index (χ0) is 13.3. The zero-order valence-corrected chi connectivity index (χ0v) is 12.5. The summed E-state index contributed by atoms with van der Waals surface area (Å²) in [6.07, 6.45) is 1.64. The summed E-state index contributed by atoms with van der Waals surface area (Å²) < 4.78 is 1.64. The third kappa shape index (κ3) is 3.18. The van der Waals surface area contributed by atoms with Gasteiger partial charge in [0.2, 0.25) is 0 Å². The lowest BCUT2D eigenvalue weighted by molar-refractivity contribution is 0.0997. The molecule has 102 valence electrons. The van der Waals surface area contributed by atoms with Crippen LogP contribution in [0.25, 0.3) is 0 Å². The number of halogens is 2. The highest BCUT2D eigenvalue weighted by Gasteiger charge is 2.13. The van der Waals surface area contributed by atoms with Gasteiger partial charge in [0.1, 0.15) is 5.49 Å². The summed E-state index contributed by atoms with van der Waals surface area (Å²) in [7, 11) is 0. The summed E-state index contributed by atoms with van der Waals surface area (Å²) in [6, 6.07) is 3.33. The normalized spacial score (nSPS) is 11.7. The summed E-state index contributed by atoms with van der Waals surface area (Å²) >= 11 is 7.55. The van der Waals surface area contributed by atoms with Crippen molar-refractivity contribution in [2.45, 2.75) is 13.0 Å². The molecule has 2 aromatic rings. The van der Waals surface area contributed by atoms with Crippen LogP contribution in [0.5, 0.6) is 0 Å². The van der Waals surface area contributed by atoms with Gasteiger partial charge in [0, 0.05) is 6.20 Å². The van der Waals surface area contributed by atoms with Gasteiger partial charge in [-0.15, -0.1) is 12.4 Å². The smallest absolute Gasteiger partial charge is 0.252 e. The number of nitrogens with zero attached hydrogens (tertiary/aromatic N) is 1. The standard InChI is InChI=1S/C12H12ClN3OS.ClH/c1-7(8-2-3-18-6-8)16-5-9(13)4-10(11(16)14)12(15)17;/h2-7,14H,1H3,(H2,15,17);1H. The van der Waals surface area contributed by atoms with Crippen LogP contribution in [0.4, 0.5) is 0 Å². The van der Waals surface area contributed by atoms with Crippen molar-refractivity contribution in [2.24, 2.45) is 5.73 Å². The third-order valence-electron chi connectivity index (χ3n) is 2.77. The molecule has 2 aromatic heterocycles. The Bertz CT molecular complexity index is 637. The third-order valence-corrected chi connectivity index (χ3v) is 3.67. The highest BCUT2D eigenvalue weighted by molar-refractivity contribution is 7.07. The van der Waals surface area contributed by atoms with Crippen LogP contribution in [0.15, 0.2) is 29.1 Å². The average Bonchev–Trinajstić information content (AvgIpc) is 2.84. The number of pyridine rings is 1. The van der Waals surface area contributed by atoms with Crippen molar-refractivity contribution in [1.82, 2.24) is 4.57 Å². The summed E-state index contributed by atoms with van der Waals surface area (Å²) in [6.45, 7) is 1.95. The Hall–Kier alpha value is -1.30. The number of hydrogen-bond donors (Lipinski definition) is 2. The van der Waals surface area contributed by atoms with Gasteiger partial charge in [-0.2, -0.15) is 11.3 Å². The molecule has 1 unspecified atom stereocenters. The van der Waals surface area contributed by atoms with Gasteiger partial charge in [-0.1, -0.05) is 11.6 Å². The Morgan fingerprint density at radius 1 is 1.58 bits per heavy atom. The number of aromatic nitrogens is 1. The van der Waals surface area contributed by atoms with Gasteiger partial charge in [0.15, 0.2) is 0 Å². The van der Waals surface area contributed by atoms with E-state index in [1.54, 1.807) is 22.1 Å². The molecule has 0 fully saturated rings. The first-order valence-electron chi connectivity index (χ1n) is 5.29. The predicted octanol–water partition coefficient (Wildman–Crippen LogP) is 2.81. The van der Waals surface area contributed by atoms with Crippen molar-refractivity contribution in [2.75, 3.05) is 0 Å². The number of primary amides is 1. The summed E-state index contributed by atoms with van der Waals surface area (Å²) in [5.74, 6) is -0.645. The minimum absolute atomic E-state index is 0. The minimum Gasteiger partial charge on any atom is -0.365 e. The van der Waals surface area contributed by atoms with Crippen LogP contribution in [-0.4, -0.2) is 10.5 Å². The first-order chi connectivity index (χ1) is 8.50. The molecule has 3 N–H and O–H groups in total. The van der Waals surface area contributed by atoms with Crippen molar-refractivity contribution in [3.63, 3.8) is 0 Å². The van der Waals surface area contributed by atoms with Crippen LogP contribution in [0.1, 0.15) is 28.9 Å². The number of thiophene rings is 1. The van der Waals surface area contributed by atoms with Gasteiger partial charge in [-0.25, -0.2) is 0 Å². The quantitative estimate of drug-likeness (QED) is 0.897. The molecule has 4 nitrogen and oxygen atoms in total. The number of carbonyl (C=O) groups is 1. The second kappa shape index (κ2) is 6.23. The highest BCUT2D eigenvalue weighted by atomic mass is 35.5. The molecule has 1 atom stereocenters. The molecule has 0 bridgehead atoms. The van der Waals surface area contributed by atoms with Crippen LogP contribution in [0.2, 0.25) is 5.02 Å². The molecule has 0 aliphatic carbocycles. The molecule has 2 heterocycles. The van der Waals surface area contributed by atoms with E-state index in [0.717, 1.165) is 5.56 Å². The predicted molar refractivity (Wildman–Crippen MR) is 79.2 cm³/mol. The van der Waals surface area contributed by atoms with E-state index in [1.807, 2.05) is 23.8 Å². The van der Waals surface area contributed by atoms with E-state index < -0.39 is 5.91 Å². The maximum Gasteiger partial charge on any atom is 0.252 e. The second-order valence-electron chi connectivity index (χ2n) is 3.92. The fourth-order valence-corrected chi connectivity index (χ4v) is 2.71. The average molecular weight is 318 g/mol. The Morgan fingerprint density at radius 3 is 2.79 bits per heavy atom. The maximum atomic E-state index is 11.3. The number of carbonyl (C=O) groups excluding carboxylic acids is 1. The number of amides is 1. The molecule has 7 heteroatoms. The van der Waals surface area contributed by atoms with E-state index in [1.165, 1.54) is 6.07 Å². The molecule has 0 radical (unpaired) electrons. The lowest BCUT2D eigenvalue weighted by atomic mass is 10.1. The molecule has 19 heavy (non-hydrogen) atoms. The highest BCUT2D eigenvalue weighted by Crippen LogP contribution is 2.20. The Labute approximate surface area is 125 Å². The van der Waals surface area contributed by atoms with E-state index in [4.69, 9.17) is 22.7 Å². The van der Waals surface area contributed by atoms with Gasteiger partial charge in [0.25, 0.3) is 5.91 Å². The van der Waals surface area contributed by atoms with Crippen LogP contribution in [0, 0.1) is 5.41 Å². The van der Waals surface area contributed by atoms with Crippen LogP contribution in [0.3, 0.4) is 0 Å². The van der Waals surface area contributed by atoms with E-state index in [2.05, 4.69) is 0 Å². The zero-order valence-electron chi connectivity index (χ0n) is 10.1. The number of nitrogens with two attached hydrogens (primary N) is 1. The van der Waals surface area contributed by atoms with Crippen molar-refractivity contribution in [3.8, 4) is 0 Å². The van der Waals surface area contributed by atoms with Gasteiger partial charge < -0.3 is 10.3 Å². The molecular formula is C12H13Cl2N3OS. The molecule has 0 saturated heterocycles. The summed E-state index contributed by atoms with van der Waals surface area (Å²) in [4.78, 5) is 11.3. The maximum absolute atomic E-state index is 11.3. The van der Waals surface area contributed by atoms with Gasteiger partial charge in [-0.05, 0) is 35.4 Å². The van der Waals surface area contributed by atoms with E-state index >= 15 is 0 Å². The summed E-state index contributed by atoms with van der Waals surface area (Å²) in [5.41, 5.74) is 6.51. The fourth-order valence-electron chi connectivity index (χ4n) is 1.75. The first-order valence-corrected chi connectivity index (χ1v) is 6.61. The second-order valence-corrected chi connectivity index (χ2v) is 5.14. The molecule has 0 saturated carbocycles. The van der Waals surface area contributed by atoms with E-state index in [9.17, 15) is 4.79 Å². The number of nitrogens with one attached hydrogen (secondary N) is 1. The van der Waals surface area contributed by atoms with Crippen molar-refractivity contribution >= 4 is 41.3 Å². The van der Waals surface area contributed by atoms with Crippen LogP contribution < -0.4 is 11.2 Å². The summed E-state index contributed by atoms with van der Waals surface area (Å²) in [5, 5.41) is 12.4.